The Bertz CT molecular complexity index is 1420. The average Bonchev–Trinajstić information content (AvgIpc) is 3.21. The number of aromatic nitrogens is 5. The molecule has 0 aliphatic carbocycles. The highest BCUT2D eigenvalue weighted by molar-refractivity contribution is 6.30. The number of anilines is 1. The maximum Gasteiger partial charge on any atom is 0.285 e. The third-order valence-corrected chi connectivity index (χ3v) is 6.40. The molecule has 1 atom stereocenters. The van der Waals surface area contributed by atoms with E-state index >= 15 is 0 Å². The highest BCUT2D eigenvalue weighted by atomic mass is 35.5. The Hall–Kier alpha value is -3.56. The average molecular weight is 478 g/mol. The normalized spacial score (nSPS) is 16.6. The molecular weight excluding hydrogens is 454 g/mol. The Labute approximate surface area is 201 Å². The summed E-state index contributed by atoms with van der Waals surface area (Å²) in [5, 5.41) is 4.67. The minimum absolute atomic E-state index is 0.0983. The smallest absolute Gasteiger partial charge is 0.285 e. The maximum absolute atomic E-state index is 13.5. The highest BCUT2D eigenvalue weighted by Gasteiger charge is 2.31. The van der Waals surface area contributed by atoms with E-state index in [-0.39, 0.29) is 17.5 Å². The van der Waals surface area contributed by atoms with Crippen LogP contribution in [0.5, 0.6) is 0 Å². The molecule has 3 aromatic heterocycles. The molecule has 1 unspecified atom stereocenters. The molecule has 9 nitrogen and oxygen atoms in total. The first-order valence-corrected chi connectivity index (χ1v) is 11.4. The molecular formula is C24H24ClN7O2. The van der Waals surface area contributed by atoms with E-state index in [0.29, 0.717) is 34.2 Å². The minimum atomic E-state index is -0.279. The van der Waals surface area contributed by atoms with Gasteiger partial charge in [0, 0.05) is 31.0 Å². The number of hydrogen-bond donors (Lipinski definition) is 0. The lowest BCUT2D eigenvalue weighted by Crippen LogP contribution is -2.50. The number of halogens is 1. The number of pyridine rings is 1. The molecule has 0 bridgehead atoms. The molecule has 1 saturated heterocycles. The molecule has 5 rings (SSSR count). The van der Waals surface area contributed by atoms with Gasteiger partial charge in [-0.15, -0.1) is 0 Å². The molecule has 0 saturated carbocycles. The summed E-state index contributed by atoms with van der Waals surface area (Å²) in [7, 11) is 5.56. The lowest BCUT2D eigenvalue weighted by molar-refractivity contribution is -0.124. The van der Waals surface area contributed by atoms with Crippen LogP contribution < -0.4 is 10.5 Å². The summed E-state index contributed by atoms with van der Waals surface area (Å²) < 4.78 is 2.97. The molecule has 10 heteroatoms. The van der Waals surface area contributed by atoms with Crippen LogP contribution in [0.25, 0.3) is 28.2 Å². The van der Waals surface area contributed by atoms with Gasteiger partial charge < -0.3 is 4.90 Å². The molecule has 1 fully saturated rings. The zero-order valence-electron chi connectivity index (χ0n) is 19.1. The Morgan fingerprint density at radius 1 is 1.06 bits per heavy atom. The van der Waals surface area contributed by atoms with Crippen molar-refractivity contribution in [2.24, 2.45) is 7.05 Å². The van der Waals surface area contributed by atoms with E-state index in [1.165, 1.54) is 15.4 Å². The molecule has 174 valence electrons. The van der Waals surface area contributed by atoms with Gasteiger partial charge in [0.15, 0.2) is 5.52 Å². The van der Waals surface area contributed by atoms with Crippen LogP contribution in [0.4, 0.5) is 5.69 Å². The molecule has 4 aromatic rings. The van der Waals surface area contributed by atoms with Gasteiger partial charge in [-0.3, -0.25) is 19.2 Å². The van der Waals surface area contributed by atoms with Crippen molar-refractivity contribution in [1.82, 2.24) is 29.2 Å². The van der Waals surface area contributed by atoms with E-state index < -0.39 is 0 Å². The molecule has 0 N–H and O–H groups in total. The second-order valence-electron chi connectivity index (χ2n) is 8.57. The van der Waals surface area contributed by atoms with E-state index in [0.717, 1.165) is 24.1 Å². The lowest BCUT2D eigenvalue weighted by Gasteiger charge is -2.35. The molecule has 1 amide bonds. The van der Waals surface area contributed by atoms with Gasteiger partial charge in [-0.25, -0.2) is 14.5 Å². The first kappa shape index (κ1) is 22.2. The molecule has 1 aromatic carbocycles. The van der Waals surface area contributed by atoms with E-state index in [9.17, 15) is 9.59 Å². The van der Waals surface area contributed by atoms with Crippen LogP contribution in [-0.2, 0) is 11.8 Å². The summed E-state index contributed by atoms with van der Waals surface area (Å²) in [6, 6.07) is 10.8. The lowest BCUT2D eigenvalue weighted by atomic mass is 10.0. The van der Waals surface area contributed by atoms with Crippen LogP contribution >= 0.6 is 11.6 Å². The van der Waals surface area contributed by atoms with E-state index in [1.54, 1.807) is 25.4 Å². The van der Waals surface area contributed by atoms with Crippen molar-refractivity contribution in [3.8, 4) is 17.2 Å². The molecule has 4 heterocycles. The van der Waals surface area contributed by atoms with E-state index in [2.05, 4.69) is 10.1 Å². The summed E-state index contributed by atoms with van der Waals surface area (Å²) in [6.45, 7) is 0.682. The van der Waals surface area contributed by atoms with Gasteiger partial charge in [0.2, 0.25) is 5.91 Å². The van der Waals surface area contributed by atoms with Crippen LogP contribution in [0.3, 0.4) is 0 Å². The van der Waals surface area contributed by atoms with E-state index in [4.69, 9.17) is 16.6 Å². The quantitative estimate of drug-likeness (QED) is 0.449. The second kappa shape index (κ2) is 8.66. The van der Waals surface area contributed by atoms with Crippen LogP contribution in [-0.4, -0.2) is 61.8 Å². The fraction of sp³-hybridized carbons (Fsp3) is 0.292. The van der Waals surface area contributed by atoms with Gasteiger partial charge in [-0.05, 0) is 63.3 Å². The number of piperidine rings is 1. The molecule has 0 spiro atoms. The van der Waals surface area contributed by atoms with Crippen molar-refractivity contribution in [2.45, 2.75) is 18.9 Å². The third-order valence-electron chi connectivity index (χ3n) is 6.18. The highest BCUT2D eigenvalue weighted by Crippen LogP contribution is 2.27. The van der Waals surface area contributed by atoms with Crippen molar-refractivity contribution in [2.75, 3.05) is 25.5 Å². The van der Waals surface area contributed by atoms with Gasteiger partial charge >= 0.3 is 0 Å². The predicted molar refractivity (Wildman–Crippen MR) is 131 cm³/mol. The van der Waals surface area contributed by atoms with Gasteiger partial charge in [0.25, 0.3) is 5.56 Å². The number of nitrogens with zero attached hydrogens (tertiary/aromatic N) is 7. The van der Waals surface area contributed by atoms with Gasteiger partial charge in [0.1, 0.15) is 17.2 Å². The fourth-order valence-corrected chi connectivity index (χ4v) is 4.52. The number of hydrogen-bond acceptors (Lipinski definition) is 6. The van der Waals surface area contributed by atoms with Crippen molar-refractivity contribution in [3.63, 3.8) is 0 Å². The maximum atomic E-state index is 13.5. The van der Waals surface area contributed by atoms with Crippen LogP contribution in [0.15, 0.2) is 53.6 Å². The summed E-state index contributed by atoms with van der Waals surface area (Å²) in [6.07, 6.45) is 4.86. The summed E-state index contributed by atoms with van der Waals surface area (Å²) in [5.74, 6) is 0.938. The number of likely N-dealkylation sites (N-methyl/N-ethyl adjacent to an activating group) is 1. The van der Waals surface area contributed by atoms with Gasteiger partial charge in [0.05, 0.1) is 17.3 Å². The standard InChI is InChI=1S/C24H24ClN7O2/c1-29(2)19-5-4-12-31(23(19)33)17-9-6-15(7-10-17)22-28-18-14-27-30(3)21(18)24(34)32(22)20-11-8-16(25)13-26-20/h6-11,13-14,19H,4-5,12H2,1-3H3. The summed E-state index contributed by atoms with van der Waals surface area (Å²) in [4.78, 5) is 39.3. The topological polar surface area (TPSA) is 89.2 Å². The van der Waals surface area contributed by atoms with Crippen molar-refractivity contribution < 1.29 is 4.79 Å². The first-order valence-electron chi connectivity index (χ1n) is 11.0. The zero-order valence-corrected chi connectivity index (χ0v) is 19.9. The van der Waals surface area contributed by atoms with Gasteiger partial charge in [-0.1, -0.05) is 11.6 Å². The number of carbonyl (C=O) groups is 1. The molecule has 1 aliphatic heterocycles. The zero-order chi connectivity index (χ0) is 24.0. The van der Waals surface area contributed by atoms with Crippen molar-refractivity contribution >= 4 is 34.2 Å². The Morgan fingerprint density at radius 2 is 1.82 bits per heavy atom. The Kier molecular flexibility index (Phi) is 5.66. The number of rotatable bonds is 4. The number of fused-ring (bicyclic) bond motifs is 1. The summed E-state index contributed by atoms with van der Waals surface area (Å²) >= 11 is 6.02. The number of amides is 1. The Morgan fingerprint density at radius 3 is 2.50 bits per heavy atom. The fourth-order valence-electron chi connectivity index (χ4n) is 4.41. The Balaban J connectivity index is 1.61. The number of benzene rings is 1. The third kappa shape index (κ3) is 3.76. The molecule has 0 radical (unpaired) electrons. The van der Waals surface area contributed by atoms with E-state index in [1.807, 2.05) is 48.2 Å². The first-order chi connectivity index (χ1) is 16.3. The van der Waals surface area contributed by atoms with Crippen molar-refractivity contribution in [3.05, 3.63) is 64.2 Å². The number of carbonyl (C=O) groups excluding carboxylic acids is 1. The monoisotopic (exact) mass is 477 g/mol. The predicted octanol–water partition coefficient (Wildman–Crippen LogP) is 2.89. The van der Waals surface area contributed by atoms with Crippen LogP contribution in [0, 0.1) is 0 Å². The van der Waals surface area contributed by atoms with Crippen LogP contribution in [0.2, 0.25) is 5.02 Å². The summed E-state index contributed by atoms with van der Waals surface area (Å²) in [5.41, 5.74) is 2.14. The van der Waals surface area contributed by atoms with Crippen molar-refractivity contribution in [1.29, 1.82) is 0 Å². The second-order valence-corrected chi connectivity index (χ2v) is 9.01. The molecule has 1 aliphatic rings. The largest absolute Gasteiger partial charge is 0.311 e. The molecule has 34 heavy (non-hydrogen) atoms. The van der Waals surface area contributed by atoms with Crippen LogP contribution in [0.1, 0.15) is 12.8 Å². The van der Waals surface area contributed by atoms with Gasteiger partial charge in [-0.2, -0.15) is 5.10 Å². The number of aryl methyl sites for hydroxylation is 1. The SMILES string of the molecule is CN(C)C1CCCN(c2ccc(-c3nc4cnn(C)c4c(=O)n3-c3ccc(Cl)cn3)cc2)C1=O. The minimum Gasteiger partial charge on any atom is -0.311 e.